The second-order valence-electron chi connectivity index (χ2n) is 4.83. The lowest BCUT2D eigenvalue weighted by Crippen LogP contribution is -2.16. The van der Waals surface area contributed by atoms with Gasteiger partial charge in [-0.1, -0.05) is 6.07 Å². The SMILES string of the molecule is COc1cc(CNCCCC(=O)O)ccc1OC(C)C. The zero-order valence-electron chi connectivity index (χ0n) is 12.3. The molecule has 0 saturated heterocycles. The predicted molar refractivity (Wildman–Crippen MR) is 77.3 cm³/mol. The van der Waals surface area contributed by atoms with Crippen LogP contribution in [0.5, 0.6) is 11.5 Å². The first-order chi connectivity index (χ1) is 9.52. The zero-order valence-corrected chi connectivity index (χ0v) is 12.3. The Hall–Kier alpha value is -1.75. The minimum atomic E-state index is -0.761. The molecule has 1 rings (SSSR count). The molecule has 1 aromatic carbocycles. The molecule has 0 unspecified atom stereocenters. The fourth-order valence-electron chi connectivity index (χ4n) is 1.77. The minimum absolute atomic E-state index is 0.101. The van der Waals surface area contributed by atoms with E-state index in [4.69, 9.17) is 14.6 Å². The van der Waals surface area contributed by atoms with Gasteiger partial charge in [-0.05, 0) is 44.5 Å². The van der Waals surface area contributed by atoms with Gasteiger partial charge < -0.3 is 19.9 Å². The van der Waals surface area contributed by atoms with Crippen molar-refractivity contribution in [2.24, 2.45) is 0 Å². The van der Waals surface area contributed by atoms with E-state index >= 15 is 0 Å². The normalized spacial score (nSPS) is 10.6. The number of carboxylic acid groups (broad SMARTS) is 1. The van der Waals surface area contributed by atoms with Crippen LogP contribution in [0.4, 0.5) is 0 Å². The number of rotatable bonds is 9. The van der Waals surface area contributed by atoms with E-state index in [2.05, 4.69) is 5.32 Å². The summed E-state index contributed by atoms with van der Waals surface area (Å²) in [7, 11) is 1.62. The molecule has 0 aliphatic carbocycles. The molecule has 20 heavy (non-hydrogen) atoms. The number of benzene rings is 1. The summed E-state index contributed by atoms with van der Waals surface area (Å²) < 4.78 is 11.0. The molecule has 0 radical (unpaired) electrons. The van der Waals surface area contributed by atoms with E-state index in [-0.39, 0.29) is 12.5 Å². The molecule has 0 aliphatic rings. The molecular weight excluding hydrogens is 258 g/mol. The van der Waals surface area contributed by atoms with Crippen molar-refractivity contribution in [3.8, 4) is 11.5 Å². The molecule has 5 nitrogen and oxygen atoms in total. The third-order valence-corrected chi connectivity index (χ3v) is 2.66. The number of ether oxygens (including phenoxy) is 2. The number of carboxylic acids is 1. The molecule has 1 aromatic rings. The maximum absolute atomic E-state index is 10.4. The van der Waals surface area contributed by atoms with Crippen molar-refractivity contribution in [1.29, 1.82) is 0 Å². The molecule has 0 aromatic heterocycles. The highest BCUT2D eigenvalue weighted by molar-refractivity contribution is 5.66. The first kappa shape index (κ1) is 16.3. The summed E-state index contributed by atoms with van der Waals surface area (Å²) in [6.07, 6.45) is 0.919. The van der Waals surface area contributed by atoms with Gasteiger partial charge in [-0.25, -0.2) is 0 Å². The van der Waals surface area contributed by atoms with Crippen molar-refractivity contribution in [1.82, 2.24) is 5.32 Å². The standard InChI is InChI=1S/C15H23NO4/c1-11(2)20-13-7-6-12(9-14(13)19-3)10-16-8-4-5-15(17)18/h6-7,9,11,16H,4-5,8,10H2,1-3H3,(H,17,18). The van der Waals surface area contributed by atoms with E-state index in [0.29, 0.717) is 25.3 Å². The van der Waals surface area contributed by atoms with Gasteiger partial charge in [0.1, 0.15) is 0 Å². The van der Waals surface area contributed by atoms with Crippen LogP contribution in [0.25, 0.3) is 0 Å². The lowest BCUT2D eigenvalue weighted by atomic mass is 10.2. The first-order valence-corrected chi connectivity index (χ1v) is 6.79. The van der Waals surface area contributed by atoms with E-state index in [0.717, 1.165) is 11.3 Å². The van der Waals surface area contributed by atoms with Gasteiger partial charge in [0.2, 0.25) is 0 Å². The average molecular weight is 281 g/mol. The van der Waals surface area contributed by atoms with Crippen LogP contribution in [0.15, 0.2) is 18.2 Å². The van der Waals surface area contributed by atoms with Gasteiger partial charge in [0, 0.05) is 13.0 Å². The van der Waals surface area contributed by atoms with Crippen LogP contribution in [0.2, 0.25) is 0 Å². The third kappa shape index (κ3) is 5.93. The summed E-state index contributed by atoms with van der Waals surface area (Å²) in [4.78, 5) is 10.4. The molecule has 0 fully saturated rings. The van der Waals surface area contributed by atoms with Crippen molar-refractivity contribution in [2.75, 3.05) is 13.7 Å². The van der Waals surface area contributed by atoms with Gasteiger partial charge in [0.15, 0.2) is 11.5 Å². The Labute approximate surface area is 119 Å². The summed E-state index contributed by atoms with van der Waals surface area (Å²) in [6, 6.07) is 5.80. The van der Waals surface area contributed by atoms with E-state index < -0.39 is 5.97 Å². The molecule has 0 aliphatic heterocycles. The van der Waals surface area contributed by atoms with Gasteiger partial charge in [-0.3, -0.25) is 4.79 Å². The summed E-state index contributed by atoms with van der Waals surface area (Å²) in [5.74, 6) is 0.685. The zero-order chi connectivity index (χ0) is 15.0. The molecular formula is C15H23NO4. The lowest BCUT2D eigenvalue weighted by Gasteiger charge is -2.14. The van der Waals surface area contributed by atoms with Crippen molar-refractivity contribution < 1.29 is 19.4 Å². The Bertz CT molecular complexity index is 432. The van der Waals surface area contributed by atoms with E-state index in [9.17, 15) is 4.79 Å². The lowest BCUT2D eigenvalue weighted by molar-refractivity contribution is -0.137. The second kappa shape index (κ2) is 8.43. The van der Waals surface area contributed by atoms with Gasteiger partial charge in [-0.15, -0.1) is 0 Å². The van der Waals surface area contributed by atoms with Crippen LogP contribution in [-0.4, -0.2) is 30.8 Å². The summed E-state index contributed by atoms with van der Waals surface area (Å²) in [5.41, 5.74) is 1.08. The Morgan fingerprint density at radius 3 is 2.70 bits per heavy atom. The highest BCUT2D eigenvalue weighted by Gasteiger charge is 2.07. The molecule has 0 bridgehead atoms. The predicted octanol–water partition coefficient (Wildman–Crippen LogP) is 2.44. The molecule has 0 heterocycles. The molecule has 0 atom stereocenters. The Balaban J connectivity index is 2.48. The number of aliphatic carboxylic acids is 1. The fourth-order valence-corrected chi connectivity index (χ4v) is 1.77. The van der Waals surface area contributed by atoms with Crippen molar-refractivity contribution in [3.63, 3.8) is 0 Å². The third-order valence-electron chi connectivity index (χ3n) is 2.66. The van der Waals surface area contributed by atoms with Crippen molar-refractivity contribution in [3.05, 3.63) is 23.8 Å². The van der Waals surface area contributed by atoms with Gasteiger partial charge >= 0.3 is 5.97 Å². The molecule has 0 amide bonds. The number of carbonyl (C=O) groups is 1. The van der Waals surface area contributed by atoms with Gasteiger partial charge in [-0.2, -0.15) is 0 Å². The number of hydrogen-bond donors (Lipinski definition) is 2. The van der Waals surface area contributed by atoms with Crippen LogP contribution in [0.1, 0.15) is 32.3 Å². The average Bonchev–Trinajstić information content (AvgIpc) is 2.38. The largest absolute Gasteiger partial charge is 0.493 e. The quantitative estimate of drug-likeness (QED) is 0.680. The molecule has 0 spiro atoms. The van der Waals surface area contributed by atoms with Crippen LogP contribution >= 0.6 is 0 Å². The monoisotopic (exact) mass is 281 g/mol. The number of nitrogens with one attached hydrogen (secondary N) is 1. The Morgan fingerprint density at radius 1 is 1.35 bits per heavy atom. The van der Waals surface area contributed by atoms with E-state index in [1.807, 2.05) is 32.0 Å². The minimum Gasteiger partial charge on any atom is -0.493 e. The summed E-state index contributed by atoms with van der Waals surface area (Å²) >= 11 is 0. The van der Waals surface area contributed by atoms with E-state index in [1.165, 1.54) is 0 Å². The van der Waals surface area contributed by atoms with Crippen LogP contribution in [0, 0.1) is 0 Å². The summed E-state index contributed by atoms with van der Waals surface area (Å²) in [6.45, 7) is 5.30. The van der Waals surface area contributed by atoms with Crippen LogP contribution < -0.4 is 14.8 Å². The van der Waals surface area contributed by atoms with E-state index in [1.54, 1.807) is 7.11 Å². The molecule has 0 saturated carbocycles. The summed E-state index contributed by atoms with van der Waals surface area (Å²) in [5, 5.41) is 11.8. The van der Waals surface area contributed by atoms with Gasteiger partial charge in [0.05, 0.1) is 13.2 Å². The smallest absolute Gasteiger partial charge is 0.303 e. The topological polar surface area (TPSA) is 67.8 Å². The first-order valence-electron chi connectivity index (χ1n) is 6.79. The molecule has 5 heteroatoms. The maximum Gasteiger partial charge on any atom is 0.303 e. The highest BCUT2D eigenvalue weighted by atomic mass is 16.5. The Kier molecular flexibility index (Phi) is 6.87. The number of hydrogen-bond acceptors (Lipinski definition) is 4. The van der Waals surface area contributed by atoms with Crippen molar-refractivity contribution >= 4 is 5.97 Å². The highest BCUT2D eigenvalue weighted by Crippen LogP contribution is 2.28. The van der Waals surface area contributed by atoms with Gasteiger partial charge in [0.25, 0.3) is 0 Å². The fraction of sp³-hybridized carbons (Fsp3) is 0.533. The molecule has 2 N–H and O–H groups in total. The van der Waals surface area contributed by atoms with Crippen LogP contribution in [-0.2, 0) is 11.3 Å². The van der Waals surface area contributed by atoms with Crippen molar-refractivity contribution in [2.45, 2.75) is 39.3 Å². The Morgan fingerprint density at radius 2 is 2.10 bits per heavy atom. The number of methoxy groups -OCH3 is 1. The second-order valence-corrected chi connectivity index (χ2v) is 4.83. The van der Waals surface area contributed by atoms with Crippen LogP contribution in [0.3, 0.4) is 0 Å². The maximum atomic E-state index is 10.4. The molecule has 112 valence electrons.